The predicted molar refractivity (Wildman–Crippen MR) is 81.4 cm³/mol. The van der Waals surface area contributed by atoms with Crippen LogP contribution in [0, 0.1) is 0 Å². The quantitative estimate of drug-likeness (QED) is 0.285. The Labute approximate surface area is 119 Å². The summed E-state index contributed by atoms with van der Waals surface area (Å²) in [5, 5.41) is 0. The van der Waals surface area contributed by atoms with E-state index in [-0.39, 0.29) is 0 Å². The van der Waals surface area contributed by atoms with Gasteiger partial charge in [-0.25, -0.2) is 0 Å². The minimum atomic E-state index is 0.433. The molecular weight excluding hydrogens is 244 g/mol. The van der Waals surface area contributed by atoms with Crippen LogP contribution in [-0.4, -0.2) is 11.7 Å². The number of hydrogen-bond donors (Lipinski definition) is 0. The molecule has 0 rings (SSSR count). The van der Waals surface area contributed by atoms with Gasteiger partial charge in [0.25, 0.3) is 0 Å². The van der Waals surface area contributed by atoms with Crippen molar-refractivity contribution in [3.63, 3.8) is 0 Å². The highest BCUT2D eigenvalue weighted by Gasteiger charge is 2.01. The fraction of sp³-hybridized carbons (Fsp3) is 0.938. The maximum atomic E-state index is 11.5. The molecule has 0 bridgehead atoms. The molecule has 0 amide bonds. The van der Waals surface area contributed by atoms with E-state index >= 15 is 0 Å². The summed E-state index contributed by atoms with van der Waals surface area (Å²) in [4.78, 5) is 11.5. The van der Waals surface area contributed by atoms with Crippen LogP contribution in [0.15, 0.2) is 0 Å². The van der Waals surface area contributed by atoms with E-state index in [1.165, 1.54) is 51.4 Å². The topological polar surface area (TPSA) is 17.1 Å². The Balaban J connectivity index is 3.08. The number of carbonyl (C=O) groups excluding carboxylic acids is 1. The summed E-state index contributed by atoms with van der Waals surface area (Å²) in [6.07, 6.45) is 15.3. The molecule has 0 saturated heterocycles. The molecule has 0 atom stereocenters. The molecule has 0 N–H and O–H groups in total. The molecule has 0 saturated carbocycles. The molecule has 0 aromatic carbocycles. The summed E-state index contributed by atoms with van der Waals surface area (Å²) in [6.45, 7) is 2.25. The van der Waals surface area contributed by atoms with Gasteiger partial charge in [0.05, 0.1) is 0 Å². The second kappa shape index (κ2) is 15.0. The summed E-state index contributed by atoms with van der Waals surface area (Å²) in [6, 6.07) is 0. The molecule has 2 heteroatoms. The highest BCUT2D eigenvalue weighted by Crippen LogP contribution is 2.11. The Morgan fingerprint density at radius 1 is 0.722 bits per heavy atom. The lowest BCUT2D eigenvalue weighted by Crippen LogP contribution is -1.97. The average molecular weight is 275 g/mol. The molecule has 0 aliphatic rings. The van der Waals surface area contributed by atoms with Gasteiger partial charge in [-0.15, -0.1) is 11.6 Å². The van der Waals surface area contributed by atoms with Crippen LogP contribution < -0.4 is 0 Å². The van der Waals surface area contributed by atoms with Crippen LogP contribution in [-0.2, 0) is 4.79 Å². The molecule has 0 spiro atoms. The third-order valence-corrected chi connectivity index (χ3v) is 3.67. The van der Waals surface area contributed by atoms with E-state index in [4.69, 9.17) is 11.6 Å². The van der Waals surface area contributed by atoms with Crippen LogP contribution in [0.1, 0.15) is 90.4 Å². The molecule has 108 valence electrons. The number of alkyl halides is 1. The van der Waals surface area contributed by atoms with Crippen molar-refractivity contribution in [2.24, 2.45) is 0 Å². The van der Waals surface area contributed by atoms with Crippen molar-refractivity contribution in [2.75, 3.05) is 5.88 Å². The van der Waals surface area contributed by atoms with Crippen molar-refractivity contribution in [3.05, 3.63) is 0 Å². The molecule has 0 fully saturated rings. The number of halogens is 1. The van der Waals surface area contributed by atoms with E-state index < -0.39 is 0 Å². The summed E-state index contributed by atoms with van der Waals surface area (Å²) in [7, 11) is 0. The maximum Gasteiger partial charge on any atom is 0.132 e. The smallest absolute Gasteiger partial charge is 0.132 e. The van der Waals surface area contributed by atoms with Gasteiger partial charge in [-0.1, -0.05) is 58.3 Å². The molecule has 1 nitrogen and oxygen atoms in total. The molecule has 0 aliphatic heterocycles. The van der Waals surface area contributed by atoms with E-state index in [9.17, 15) is 4.79 Å². The molecule has 0 aromatic rings. The van der Waals surface area contributed by atoms with Crippen molar-refractivity contribution in [1.82, 2.24) is 0 Å². The SMILES string of the molecule is CCCCCCCCCCCC(=O)CCCCCl. The van der Waals surface area contributed by atoms with Crippen molar-refractivity contribution in [1.29, 1.82) is 0 Å². The Morgan fingerprint density at radius 3 is 1.67 bits per heavy atom. The summed E-state index contributed by atoms with van der Waals surface area (Å²) in [5.41, 5.74) is 0. The fourth-order valence-electron chi connectivity index (χ4n) is 2.17. The van der Waals surface area contributed by atoms with Crippen LogP contribution in [0.25, 0.3) is 0 Å². The number of rotatable bonds is 14. The highest BCUT2D eigenvalue weighted by molar-refractivity contribution is 6.17. The van der Waals surface area contributed by atoms with Crippen LogP contribution in [0.3, 0.4) is 0 Å². The van der Waals surface area contributed by atoms with Gasteiger partial charge in [0.15, 0.2) is 0 Å². The van der Waals surface area contributed by atoms with E-state index in [1.807, 2.05) is 0 Å². The number of carbonyl (C=O) groups is 1. The molecule has 0 aromatic heterocycles. The number of ketones is 1. The minimum absolute atomic E-state index is 0.433. The van der Waals surface area contributed by atoms with Gasteiger partial charge in [0, 0.05) is 18.7 Å². The van der Waals surface area contributed by atoms with Gasteiger partial charge in [0.1, 0.15) is 5.78 Å². The normalized spacial score (nSPS) is 10.8. The standard InChI is InChI=1S/C16H31ClO/c1-2-3-4-5-6-7-8-9-10-13-16(18)14-11-12-15-17/h2-15H2,1H3. The summed E-state index contributed by atoms with van der Waals surface area (Å²) in [5.74, 6) is 1.12. The Bertz CT molecular complexity index is 180. The molecule has 0 unspecified atom stereocenters. The lowest BCUT2D eigenvalue weighted by atomic mass is 10.0. The first-order chi connectivity index (χ1) is 8.81. The summed E-state index contributed by atoms with van der Waals surface area (Å²) >= 11 is 5.58. The van der Waals surface area contributed by atoms with Crippen LogP contribution in [0.4, 0.5) is 0 Å². The monoisotopic (exact) mass is 274 g/mol. The fourth-order valence-corrected chi connectivity index (χ4v) is 2.36. The van der Waals surface area contributed by atoms with Gasteiger partial charge >= 0.3 is 0 Å². The molecular formula is C16H31ClO. The highest BCUT2D eigenvalue weighted by atomic mass is 35.5. The third-order valence-electron chi connectivity index (χ3n) is 3.40. The van der Waals surface area contributed by atoms with Gasteiger partial charge < -0.3 is 0 Å². The van der Waals surface area contributed by atoms with Crippen LogP contribution in [0.2, 0.25) is 0 Å². The Kier molecular flexibility index (Phi) is 15.0. The molecule has 0 heterocycles. The summed E-state index contributed by atoms with van der Waals surface area (Å²) < 4.78 is 0. The zero-order chi connectivity index (χ0) is 13.5. The van der Waals surface area contributed by atoms with Crippen molar-refractivity contribution in [3.8, 4) is 0 Å². The lowest BCUT2D eigenvalue weighted by molar-refractivity contribution is -0.119. The lowest BCUT2D eigenvalue weighted by Gasteiger charge is -2.02. The number of hydrogen-bond acceptors (Lipinski definition) is 1. The first-order valence-electron chi connectivity index (χ1n) is 7.89. The first kappa shape index (κ1) is 18.0. The van der Waals surface area contributed by atoms with Crippen molar-refractivity contribution >= 4 is 17.4 Å². The largest absolute Gasteiger partial charge is 0.300 e. The van der Waals surface area contributed by atoms with Gasteiger partial charge in [-0.05, 0) is 19.3 Å². The second-order valence-corrected chi connectivity index (χ2v) is 5.64. The predicted octanol–water partition coefficient (Wildman–Crippen LogP) is 5.89. The number of Topliss-reactive ketones (excluding diaryl/α,β-unsaturated/α-hetero) is 1. The van der Waals surface area contributed by atoms with Crippen LogP contribution >= 0.6 is 11.6 Å². The van der Waals surface area contributed by atoms with E-state index in [1.54, 1.807) is 0 Å². The Morgan fingerprint density at radius 2 is 1.17 bits per heavy atom. The van der Waals surface area contributed by atoms with E-state index in [0.717, 1.165) is 32.1 Å². The van der Waals surface area contributed by atoms with Crippen LogP contribution in [0.5, 0.6) is 0 Å². The maximum absolute atomic E-state index is 11.5. The molecule has 0 aliphatic carbocycles. The van der Waals surface area contributed by atoms with Gasteiger partial charge in [0.2, 0.25) is 0 Å². The first-order valence-corrected chi connectivity index (χ1v) is 8.42. The van der Waals surface area contributed by atoms with Gasteiger partial charge in [-0.3, -0.25) is 4.79 Å². The van der Waals surface area contributed by atoms with Gasteiger partial charge in [-0.2, -0.15) is 0 Å². The van der Waals surface area contributed by atoms with E-state index in [2.05, 4.69) is 6.92 Å². The Hall–Kier alpha value is -0.0400. The second-order valence-electron chi connectivity index (χ2n) is 5.26. The average Bonchev–Trinajstić information content (AvgIpc) is 2.37. The van der Waals surface area contributed by atoms with E-state index in [0.29, 0.717) is 11.7 Å². The molecule has 0 radical (unpaired) electrons. The molecule has 18 heavy (non-hydrogen) atoms. The van der Waals surface area contributed by atoms with Crippen molar-refractivity contribution in [2.45, 2.75) is 90.4 Å². The minimum Gasteiger partial charge on any atom is -0.300 e. The van der Waals surface area contributed by atoms with Crippen molar-refractivity contribution < 1.29 is 4.79 Å². The zero-order valence-corrected chi connectivity index (χ0v) is 12.9. The number of unbranched alkanes of at least 4 members (excludes halogenated alkanes) is 9. The zero-order valence-electron chi connectivity index (χ0n) is 12.2. The third kappa shape index (κ3) is 14.0.